The zero-order valence-corrected chi connectivity index (χ0v) is 15.9. The molecule has 0 radical (unpaired) electrons. The zero-order chi connectivity index (χ0) is 17.1. The molecule has 0 aliphatic carbocycles. The quantitative estimate of drug-likeness (QED) is 0.374. The number of hydrogen-bond acceptors (Lipinski definition) is 4. The molecule has 0 aromatic heterocycles. The lowest BCUT2D eigenvalue weighted by Gasteiger charge is -2.27. The summed E-state index contributed by atoms with van der Waals surface area (Å²) in [5, 5.41) is 3.11. The van der Waals surface area contributed by atoms with Gasteiger partial charge in [-0.1, -0.05) is 44.7 Å². The molecule has 0 saturated carbocycles. The van der Waals surface area contributed by atoms with E-state index in [2.05, 4.69) is 12.2 Å². The first-order valence-corrected chi connectivity index (χ1v) is 10.4. The smallest absolute Gasteiger partial charge is 0.338 e. The van der Waals surface area contributed by atoms with Gasteiger partial charge < -0.3 is 14.4 Å². The second-order valence-electron chi connectivity index (χ2n) is 5.61. The topological polar surface area (TPSA) is 47.6 Å². The van der Waals surface area contributed by atoms with Crippen molar-refractivity contribution in [2.45, 2.75) is 58.5 Å². The minimum Gasteiger partial charge on any atom is -0.388 e. The Morgan fingerprint density at radius 1 is 1.00 bits per heavy atom. The summed E-state index contributed by atoms with van der Waals surface area (Å²) in [7, 11) is -1.25. The summed E-state index contributed by atoms with van der Waals surface area (Å²) in [5.41, 5.74) is 1.89. The summed E-state index contributed by atoms with van der Waals surface area (Å²) in [6.07, 6.45) is 5.42. The summed E-state index contributed by atoms with van der Waals surface area (Å²) in [5.74, 6) is 0. The van der Waals surface area contributed by atoms with Crippen molar-refractivity contribution in [2.24, 2.45) is 0 Å². The molecular formula is C18H32NO3P. The fraction of sp³-hybridized carbons (Fsp3) is 0.667. The highest BCUT2D eigenvalue weighted by Gasteiger charge is 2.36. The van der Waals surface area contributed by atoms with Gasteiger partial charge in [0, 0.05) is 12.7 Å². The predicted molar refractivity (Wildman–Crippen MR) is 98.3 cm³/mol. The van der Waals surface area contributed by atoms with E-state index in [4.69, 9.17) is 9.05 Å². The molecule has 5 heteroatoms. The first-order chi connectivity index (χ1) is 11.1. The lowest BCUT2D eigenvalue weighted by Crippen LogP contribution is -2.07. The Balaban J connectivity index is 3.00. The second kappa shape index (κ2) is 10.9. The molecule has 0 aliphatic rings. The number of nitrogens with one attached hydrogen (secondary N) is 1. The van der Waals surface area contributed by atoms with Crippen molar-refractivity contribution in [3.05, 3.63) is 29.8 Å². The van der Waals surface area contributed by atoms with Crippen LogP contribution >= 0.6 is 7.60 Å². The molecule has 4 nitrogen and oxygen atoms in total. The highest BCUT2D eigenvalue weighted by Crippen LogP contribution is 2.62. The van der Waals surface area contributed by atoms with Gasteiger partial charge in [0.15, 0.2) is 0 Å². The average Bonchev–Trinajstić information content (AvgIpc) is 2.55. The SMILES string of the molecule is CCCCCCC(c1ccc(NC)cc1)P(=O)(OCC)OCC. The van der Waals surface area contributed by atoms with Crippen LogP contribution in [0.4, 0.5) is 5.69 Å². The van der Waals surface area contributed by atoms with Crippen LogP contribution < -0.4 is 5.32 Å². The number of unbranched alkanes of at least 4 members (excludes halogenated alkanes) is 3. The molecular weight excluding hydrogens is 309 g/mol. The summed E-state index contributed by atoms with van der Waals surface area (Å²) >= 11 is 0. The zero-order valence-electron chi connectivity index (χ0n) is 15.0. The van der Waals surface area contributed by atoms with E-state index in [1.54, 1.807) is 0 Å². The molecule has 132 valence electrons. The first-order valence-electron chi connectivity index (χ1n) is 8.77. The standard InChI is InChI=1S/C18H32NO3P/c1-5-8-9-10-11-18(23(20,21-6-2)22-7-3)16-12-14-17(19-4)15-13-16/h12-15,18-19H,5-11H2,1-4H3. The van der Waals surface area contributed by atoms with Crippen LogP contribution in [-0.4, -0.2) is 20.3 Å². The van der Waals surface area contributed by atoms with Crippen molar-refractivity contribution in [2.75, 3.05) is 25.6 Å². The first kappa shape index (κ1) is 20.2. The van der Waals surface area contributed by atoms with Gasteiger partial charge in [-0.3, -0.25) is 4.57 Å². The van der Waals surface area contributed by atoms with Crippen molar-refractivity contribution < 1.29 is 13.6 Å². The van der Waals surface area contributed by atoms with Crippen LogP contribution in [0, 0.1) is 0 Å². The normalized spacial score (nSPS) is 13.0. The Morgan fingerprint density at radius 3 is 2.09 bits per heavy atom. The molecule has 1 unspecified atom stereocenters. The van der Waals surface area contributed by atoms with E-state index in [0.717, 1.165) is 30.5 Å². The van der Waals surface area contributed by atoms with Crippen LogP contribution in [0.5, 0.6) is 0 Å². The fourth-order valence-corrected chi connectivity index (χ4v) is 4.91. The van der Waals surface area contributed by atoms with E-state index in [9.17, 15) is 4.57 Å². The number of hydrogen-bond donors (Lipinski definition) is 1. The van der Waals surface area contributed by atoms with Crippen LogP contribution in [0.3, 0.4) is 0 Å². The molecule has 1 N–H and O–H groups in total. The molecule has 0 spiro atoms. The van der Waals surface area contributed by atoms with E-state index in [1.807, 2.05) is 45.2 Å². The monoisotopic (exact) mass is 341 g/mol. The van der Waals surface area contributed by atoms with Gasteiger partial charge in [0.1, 0.15) is 0 Å². The molecule has 1 rings (SSSR count). The molecule has 0 fully saturated rings. The van der Waals surface area contributed by atoms with Gasteiger partial charge in [0.05, 0.1) is 18.9 Å². The van der Waals surface area contributed by atoms with Crippen molar-refractivity contribution in [1.29, 1.82) is 0 Å². The van der Waals surface area contributed by atoms with E-state index in [1.165, 1.54) is 12.8 Å². The third-order valence-electron chi connectivity index (χ3n) is 3.92. The second-order valence-corrected chi connectivity index (χ2v) is 7.83. The van der Waals surface area contributed by atoms with Gasteiger partial charge >= 0.3 is 7.60 Å². The van der Waals surface area contributed by atoms with Crippen LogP contribution in [0.25, 0.3) is 0 Å². The molecule has 0 saturated heterocycles. The minimum atomic E-state index is -3.14. The Morgan fingerprint density at radius 2 is 1.61 bits per heavy atom. The van der Waals surface area contributed by atoms with Crippen LogP contribution in [0.2, 0.25) is 0 Å². The Labute approximate surface area is 141 Å². The maximum absolute atomic E-state index is 13.3. The Hall–Kier alpha value is -0.830. The lowest BCUT2D eigenvalue weighted by atomic mass is 10.0. The lowest BCUT2D eigenvalue weighted by molar-refractivity contribution is 0.210. The van der Waals surface area contributed by atoms with Gasteiger partial charge in [-0.25, -0.2) is 0 Å². The highest BCUT2D eigenvalue weighted by atomic mass is 31.2. The Bertz CT molecular complexity index is 466. The van der Waals surface area contributed by atoms with Crippen molar-refractivity contribution in [3.8, 4) is 0 Å². The molecule has 0 heterocycles. The van der Waals surface area contributed by atoms with Crippen molar-refractivity contribution >= 4 is 13.3 Å². The number of benzene rings is 1. The van der Waals surface area contributed by atoms with Crippen LogP contribution in [0.15, 0.2) is 24.3 Å². The van der Waals surface area contributed by atoms with Gasteiger partial charge in [-0.15, -0.1) is 0 Å². The molecule has 1 aromatic rings. The number of rotatable bonds is 12. The van der Waals surface area contributed by atoms with E-state index < -0.39 is 7.60 Å². The average molecular weight is 341 g/mol. The summed E-state index contributed by atoms with van der Waals surface area (Å²) in [6, 6.07) is 8.08. The highest BCUT2D eigenvalue weighted by molar-refractivity contribution is 7.54. The van der Waals surface area contributed by atoms with Crippen LogP contribution in [0.1, 0.15) is 64.1 Å². The fourth-order valence-electron chi connectivity index (χ4n) is 2.72. The van der Waals surface area contributed by atoms with Gasteiger partial charge in [-0.2, -0.15) is 0 Å². The maximum atomic E-state index is 13.3. The molecule has 0 amide bonds. The summed E-state index contributed by atoms with van der Waals surface area (Å²) < 4.78 is 24.5. The summed E-state index contributed by atoms with van der Waals surface area (Å²) in [4.78, 5) is 0. The largest absolute Gasteiger partial charge is 0.388 e. The molecule has 1 atom stereocenters. The maximum Gasteiger partial charge on any atom is 0.338 e. The minimum absolute atomic E-state index is 0.190. The van der Waals surface area contributed by atoms with Crippen molar-refractivity contribution in [1.82, 2.24) is 0 Å². The van der Waals surface area contributed by atoms with E-state index in [0.29, 0.717) is 13.2 Å². The molecule has 0 bridgehead atoms. The third kappa shape index (κ3) is 6.29. The third-order valence-corrected chi connectivity index (χ3v) is 6.47. The summed E-state index contributed by atoms with van der Waals surface area (Å²) in [6.45, 7) is 6.72. The van der Waals surface area contributed by atoms with Crippen LogP contribution in [-0.2, 0) is 13.6 Å². The predicted octanol–water partition coefficient (Wildman–Crippen LogP) is 6.01. The van der Waals surface area contributed by atoms with Crippen molar-refractivity contribution in [3.63, 3.8) is 0 Å². The molecule has 0 aliphatic heterocycles. The van der Waals surface area contributed by atoms with Gasteiger partial charge in [0.25, 0.3) is 0 Å². The van der Waals surface area contributed by atoms with E-state index in [-0.39, 0.29) is 5.66 Å². The van der Waals surface area contributed by atoms with Gasteiger partial charge in [0.2, 0.25) is 0 Å². The van der Waals surface area contributed by atoms with E-state index >= 15 is 0 Å². The molecule has 1 aromatic carbocycles. The molecule has 23 heavy (non-hydrogen) atoms. The van der Waals surface area contributed by atoms with Gasteiger partial charge in [-0.05, 0) is 38.0 Å². The Kier molecular flexibility index (Phi) is 9.54. The number of anilines is 1.